The summed E-state index contributed by atoms with van der Waals surface area (Å²) < 4.78 is 10.6. The van der Waals surface area contributed by atoms with Crippen molar-refractivity contribution in [2.75, 3.05) is 13.3 Å². The molecular weight excluding hydrogens is 380 g/mol. The van der Waals surface area contributed by atoms with Crippen molar-refractivity contribution in [3.63, 3.8) is 0 Å². The average molecular weight is 402 g/mol. The van der Waals surface area contributed by atoms with E-state index in [2.05, 4.69) is 10.6 Å². The summed E-state index contributed by atoms with van der Waals surface area (Å²) in [7, 11) is 0. The van der Waals surface area contributed by atoms with Crippen LogP contribution in [0.25, 0.3) is 0 Å². The number of amides is 2. The first-order valence-corrected chi connectivity index (χ1v) is 9.93. The van der Waals surface area contributed by atoms with E-state index >= 15 is 0 Å². The molecule has 1 aliphatic rings. The van der Waals surface area contributed by atoms with Gasteiger partial charge >= 0.3 is 0 Å². The number of carbonyl (C=O) groups is 3. The molecule has 28 heavy (non-hydrogen) atoms. The van der Waals surface area contributed by atoms with Crippen molar-refractivity contribution in [2.45, 2.75) is 32.2 Å². The van der Waals surface area contributed by atoms with Gasteiger partial charge in [0.15, 0.2) is 17.3 Å². The first-order chi connectivity index (χ1) is 13.5. The van der Waals surface area contributed by atoms with Gasteiger partial charge in [0, 0.05) is 25.8 Å². The molecule has 1 aromatic heterocycles. The van der Waals surface area contributed by atoms with E-state index in [0.29, 0.717) is 16.4 Å². The molecule has 148 valence electrons. The number of hydrogen-bond acceptors (Lipinski definition) is 6. The molecule has 0 radical (unpaired) electrons. The standard InChI is InChI=1S/C20H22N2O5S/c1-13(14-4-6-16-17(11-14)27-12-26-16)22-20(25)8-9-21-19(24)7-5-15(23)18-3-2-10-28-18/h2-4,6,10-11,13H,5,7-9,12H2,1H3,(H,21,24)(H,22,25). The quantitative estimate of drug-likeness (QED) is 0.629. The zero-order valence-corrected chi connectivity index (χ0v) is 16.3. The highest BCUT2D eigenvalue weighted by Gasteiger charge is 2.17. The van der Waals surface area contributed by atoms with Crippen molar-refractivity contribution in [2.24, 2.45) is 0 Å². The van der Waals surface area contributed by atoms with Crippen molar-refractivity contribution in [3.05, 3.63) is 46.2 Å². The Kier molecular flexibility index (Phi) is 6.65. The number of rotatable bonds is 9. The SMILES string of the molecule is CC(NC(=O)CCNC(=O)CCC(=O)c1cccs1)c1ccc2c(c1)OCO2. The Morgan fingerprint density at radius 1 is 1.07 bits per heavy atom. The lowest BCUT2D eigenvalue weighted by atomic mass is 10.1. The normalized spacial score (nSPS) is 13.0. The lowest BCUT2D eigenvalue weighted by Crippen LogP contribution is -2.32. The maximum Gasteiger partial charge on any atom is 0.231 e. The molecular formula is C20H22N2O5S. The third-order valence-electron chi connectivity index (χ3n) is 4.32. The lowest BCUT2D eigenvalue weighted by Gasteiger charge is -2.15. The summed E-state index contributed by atoms with van der Waals surface area (Å²) in [5.41, 5.74) is 0.911. The van der Waals surface area contributed by atoms with Gasteiger partial charge in [0.25, 0.3) is 0 Å². The molecule has 0 saturated carbocycles. The smallest absolute Gasteiger partial charge is 0.231 e. The van der Waals surface area contributed by atoms with E-state index in [4.69, 9.17) is 9.47 Å². The molecule has 1 atom stereocenters. The molecule has 1 aliphatic heterocycles. The number of benzene rings is 1. The van der Waals surface area contributed by atoms with Gasteiger partial charge in [-0.05, 0) is 36.1 Å². The van der Waals surface area contributed by atoms with Crippen molar-refractivity contribution in [1.82, 2.24) is 10.6 Å². The highest BCUT2D eigenvalue weighted by atomic mass is 32.1. The minimum atomic E-state index is -0.235. The zero-order valence-electron chi connectivity index (χ0n) is 15.5. The number of thiophene rings is 1. The number of ketones is 1. The molecule has 0 fully saturated rings. The van der Waals surface area contributed by atoms with Crippen LogP contribution in [0.15, 0.2) is 35.7 Å². The topological polar surface area (TPSA) is 93.7 Å². The predicted octanol–water partition coefficient (Wildman–Crippen LogP) is 2.82. The molecule has 8 heteroatoms. The summed E-state index contributed by atoms with van der Waals surface area (Å²) in [6, 6.07) is 8.90. The predicted molar refractivity (Wildman–Crippen MR) is 105 cm³/mol. The molecule has 2 amide bonds. The van der Waals surface area contributed by atoms with Gasteiger partial charge < -0.3 is 20.1 Å². The Hall–Kier alpha value is -2.87. The summed E-state index contributed by atoms with van der Waals surface area (Å²) in [6.07, 6.45) is 0.450. The van der Waals surface area contributed by atoms with E-state index in [9.17, 15) is 14.4 Å². The second-order valence-electron chi connectivity index (χ2n) is 6.40. The van der Waals surface area contributed by atoms with E-state index in [0.717, 1.165) is 5.56 Å². The van der Waals surface area contributed by atoms with Crippen LogP contribution in [-0.4, -0.2) is 30.9 Å². The van der Waals surface area contributed by atoms with Crippen molar-refractivity contribution in [1.29, 1.82) is 0 Å². The monoisotopic (exact) mass is 402 g/mol. The molecule has 7 nitrogen and oxygen atoms in total. The van der Waals surface area contributed by atoms with Crippen molar-refractivity contribution >= 4 is 28.9 Å². The minimum Gasteiger partial charge on any atom is -0.454 e. The zero-order chi connectivity index (χ0) is 19.9. The van der Waals surface area contributed by atoms with Crippen LogP contribution in [0.5, 0.6) is 11.5 Å². The molecule has 0 spiro atoms. The van der Waals surface area contributed by atoms with Crippen LogP contribution >= 0.6 is 11.3 Å². The van der Waals surface area contributed by atoms with Crippen molar-refractivity contribution in [3.8, 4) is 11.5 Å². The highest BCUT2D eigenvalue weighted by molar-refractivity contribution is 7.12. The molecule has 2 heterocycles. The first kappa shape index (κ1) is 19.9. The van der Waals surface area contributed by atoms with Crippen LogP contribution in [0.3, 0.4) is 0 Å². The van der Waals surface area contributed by atoms with Crippen LogP contribution in [0, 0.1) is 0 Å². The Bertz CT molecular complexity index is 850. The minimum absolute atomic E-state index is 0.0413. The number of hydrogen-bond donors (Lipinski definition) is 2. The molecule has 0 aliphatic carbocycles. The fourth-order valence-electron chi connectivity index (χ4n) is 2.77. The van der Waals surface area contributed by atoms with Gasteiger partial charge in [0.1, 0.15) is 0 Å². The van der Waals surface area contributed by atoms with Crippen LogP contribution in [0.1, 0.15) is 47.5 Å². The Morgan fingerprint density at radius 3 is 2.68 bits per heavy atom. The highest BCUT2D eigenvalue weighted by Crippen LogP contribution is 2.34. The molecule has 3 rings (SSSR count). The summed E-state index contributed by atoms with van der Waals surface area (Å²) in [5, 5.41) is 7.40. The maximum atomic E-state index is 12.1. The molecule has 2 N–H and O–H groups in total. The average Bonchev–Trinajstić information content (AvgIpc) is 3.37. The summed E-state index contributed by atoms with van der Waals surface area (Å²) in [6.45, 7) is 2.31. The van der Waals surface area contributed by atoms with Gasteiger partial charge in [-0.25, -0.2) is 0 Å². The van der Waals surface area contributed by atoms with Crippen LogP contribution < -0.4 is 20.1 Å². The molecule has 0 saturated heterocycles. The summed E-state index contributed by atoms with van der Waals surface area (Å²) in [4.78, 5) is 36.5. The van der Waals surface area contributed by atoms with E-state index in [-0.39, 0.29) is 56.2 Å². The third-order valence-corrected chi connectivity index (χ3v) is 5.23. The molecule has 2 aromatic rings. The fraction of sp³-hybridized carbons (Fsp3) is 0.350. The number of nitrogens with one attached hydrogen (secondary N) is 2. The van der Waals surface area contributed by atoms with Crippen LogP contribution in [0.2, 0.25) is 0 Å². The molecule has 0 bridgehead atoms. The second-order valence-corrected chi connectivity index (χ2v) is 7.35. The summed E-state index contributed by atoms with van der Waals surface area (Å²) in [5.74, 6) is 0.924. The number of Topliss-reactive ketones (excluding diaryl/α,β-unsaturated/α-hetero) is 1. The lowest BCUT2D eigenvalue weighted by molar-refractivity contribution is -0.122. The number of carbonyl (C=O) groups excluding carboxylic acids is 3. The van der Waals surface area contributed by atoms with Gasteiger partial charge in [0.2, 0.25) is 18.6 Å². The fourth-order valence-corrected chi connectivity index (χ4v) is 3.47. The maximum absolute atomic E-state index is 12.1. The Balaban J connectivity index is 1.35. The van der Waals surface area contributed by atoms with E-state index in [1.165, 1.54) is 11.3 Å². The molecule has 1 unspecified atom stereocenters. The van der Waals surface area contributed by atoms with E-state index in [1.807, 2.05) is 30.5 Å². The van der Waals surface area contributed by atoms with Crippen molar-refractivity contribution < 1.29 is 23.9 Å². The molecule has 1 aromatic carbocycles. The first-order valence-electron chi connectivity index (χ1n) is 9.05. The van der Waals surface area contributed by atoms with Gasteiger partial charge in [0.05, 0.1) is 10.9 Å². The van der Waals surface area contributed by atoms with Crippen LogP contribution in [-0.2, 0) is 9.59 Å². The van der Waals surface area contributed by atoms with E-state index < -0.39 is 0 Å². The van der Waals surface area contributed by atoms with Gasteiger partial charge in [-0.1, -0.05) is 12.1 Å². The number of fused-ring (bicyclic) bond motifs is 1. The number of ether oxygens (including phenoxy) is 2. The van der Waals surface area contributed by atoms with E-state index in [1.54, 1.807) is 12.1 Å². The van der Waals surface area contributed by atoms with Crippen LogP contribution in [0.4, 0.5) is 0 Å². The second kappa shape index (κ2) is 9.36. The third kappa shape index (κ3) is 5.32. The Labute approximate surface area is 167 Å². The summed E-state index contributed by atoms with van der Waals surface area (Å²) >= 11 is 1.37. The van der Waals surface area contributed by atoms with Gasteiger partial charge in [-0.2, -0.15) is 0 Å². The Morgan fingerprint density at radius 2 is 1.89 bits per heavy atom. The van der Waals surface area contributed by atoms with Gasteiger partial charge in [-0.15, -0.1) is 11.3 Å². The largest absolute Gasteiger partial charge is 0.454 e. The van der Waals surface area contributed by atoms with Gasteiger partial charge in [-0.3, -0.25) is 14.4 Å².